The van der Waals surface area contributed by atoms with E-state index < -0.39 is 10.0 Å². The van der Waals surface area contributed by atoms with Gasteiger partial charge in [-0.2, -0.15) is 0 Å². The van der Waals surface area contributed by atoms with Crippen LogP contribution < -0.4 is 4.72 Å². The topological polar surface area (TPSA) is 49.4 Å². The van der Waals surface area contributed by atoms with E-state index in [0.717, 1.165) is 38.8 Å². The minimum atomic E-state index is -3.56. The van der Waals surface area contributed by atoms with Crippen LogP contribution in [0, 0.1) is 0 Å². The average Bonchev–Trinajstić information content (AvgIpc) is 2.67. The van der Waals surface area contributed by atoms with Gasteiger partial charge >= 0.3 is 0 Å². The van der Waals surface area contributed by atoms with Crippen molar-refractivity contribution in [3.05, 3.63) is 65.2 Å². The van der Waals surface area contributed by atoms with Gasteiger partial charge in [-0.15, -0.1) is 0 Å². The normalized spacial score (nSPS) is 20.7. The fourth-order valence-corrected chi connectivity index (χ4v) is 5.28. The first-order chi connectivity index (χ1) is 13.0. The largest absolute Gasteiger partial charge is 0.295 e. The summed E-state index contributed by atoms with van der Waals surface area (Å²) in [6.45, 7) is 3.86. The van der Waals surface area contributed by atoms with Crippen LogP contribution in [0.25, 0.3) is 0 Å². The molecular weight excluding hydrogens is 380 g/mol. The third-order valence-corrected chi connectivity index (χ3v) is 7.02. The zero-order chi connectivity index (χ0) is 19.3. The second-order valence-electron chi connectivity index (χ2n) is 7.08. The molecule has 0 spiro atoms. The van der Waals surface area contributed by atoms with Crippen molar-refractivity contribution in [2.45, 2.75) is 56.1 Å². The van der Waals surface area contributed by atoms with Gasteiger partial charge in [0.2, 0.25) is 10.0 Å². The molecule has 6 heteroatoms. The first kappa shape index (κ1) is 20.3. The summed E-state index contributed by atoms with van der Waals surface area (Å²) in [6.07, 6.45) is 4.06. The van der Waals surface area contributed by atoms with E-state index in [-0.39, 0.29) is 17.0 Å². The molecule has 2 aromatic carbocycles. The first-order valence-corrected chi connectivity index (χ1v) is 11.4. The Hall–Kier alpha value is -1.40. The molecular formula is C21H27ClN2O2S. The molecule has 1 aliphatic rings. The van der Waals surface area contributed by atoms with E-state index in [4.69, 9.17) is 11.6 Å². The number of hydrogen-bond donors (Lipinski definition) is 1. The van der Waals surface area contributed by atoms with Crippen molar-refractivity contribution in [3.63, 3.8) is 0 Å². The fourth-order valence-electron chi connectivity index (χ4n) is 3.85. The van der Waals surface area contributed by atoms with E-state index in [1.807, 2.05) is 18.2 Å². The molecule has 0 amide bonds. The molecule has 0 saturated heterocycles. The highest BCUT2D eigenvalue weighted by molar-refractivity contribution is 7.89. The molecule has 1 fully saturated rings. The molecule has 146 valence electrons. The molecule has 1 N–H and O–H groups in total. The van der Waals surface area contributed by atoms with E-state index in [9.17, 15) is 8.42 Å². The van der Waals surface area contributed by atoms with E-state index in [1.165, 1.54) is 5.56 Å². The molecule has 0 heterocycles. The quantitative estimate of drug-likeness (QED) is 0.738. The predicted octanol–water partition coefficient (Wildman–Crippen LogP) is 4.45. The Morgan fingerprint density at radius 2 is 1.70 bits per heavy atom. The van der Waals surface area contributed by atoms with Crippen molar-refractivity contribution in [1.82, 2.24) is 9.62 Å². The lowest BCUT2D eigenvalue weighted by molar-refractivity contribution is 0.130. The lowest BCUT2D eigenvalue weighted by Gasteiger charge is -2.39. The number of likely N-dealkylation sites (N-methyl/N-ethyl adjacent to an activating group) is 1. The van der Waals surface area contributed by atoms with Crippen LogP contribution in [0.4, 0.5) is 0 Å². The number of hydrogen-bond acceptors (Lipinski definition) is 3. The van der Waals surface area contributed by atoms with Crippen LogP contribution in [0.5, 0.6) is 0 Å². The summed E-state index contributed by atoms with van der Waals surface area (Å²) < 4.78 is 28.7. The van der Waals surface area contributed by atoms with Crippen molar-refractivity contribution >= 4 is 21.6 Å². The van der Waals surface area contributed by atoms with Gasteiger partial charge in [0.15, 0.2) is 0 Å². The molecule has 0 aromatic heterocycles. The van der Waals surface area contributed by atoms with Gasteiger partial charge in [0, 0.05) is 23.7 Å². The SMILES string of the molecule is CCN(Cc1ccccc1)[C@@H]1CCCC[C@H]1NS(=O)(=O)c1ccc(Cl)cc1. The van der Waals surface area contributed by atoms with Gasteiger partial charge in [-0.05, 0) is 49.2 Å². The summed E-state index contributed by atoms with van der Waals surface area (Å²) >= 11 is 5.89. The van der Waals surface area contributed by atoms with Gasteiger partial charge in [0.1, 0.15) is 0 Å². The van der Waals surface area contributed by atoms with Crippen molar-refractivity contribution in [2.24, 2.45) is 0 Å². The summed E-state index contributed by atoms with van der Waals surface area (Å²) in [5.41, 5.74) is 1.25. The predicted molar refractivity (Wildman–Crippen MR) is 110 cm³/mol. The Morgan fingerprint density at radius 1 is 1.04 bits per heavy atom. The number of sulfonamides is 1. The minimum absolute atomic E-state index is 0.0805. The smallest absolute Gasteiger partial charge is 0.240 e. The van der Waals surface area contributed by atoms with Gasteiger partial charge in [-0.1, -0.05) is 61.7 Å². The third kappa shape index (κ3) is 5.32. The third-order valence-electron chi connectivity index (χ3n) is 5.26. The van der Waals surface area contributed by atoms with Crippen LogP contribution in [0.2, 0.25) is 5.02 Å². The summed E-state index contributed by atoms with van der Waals surface area (Å²) in [5.74, 6) is 0. The van der Waals surface area contributed by atoms with E-state index in [1.54, 1.807) is 24.3 Å². The van der Waals surface area contributed by atoms with Gasteiger partial charge in [-0.3, -0.25) is 4.90 Å². The van der Waals surface area contributed by atoms with Gasteiger partial charge in [-0.25, -0.2) is 13.1 Å². The standard InChI is InChI=1S/C21H27ClN2O2S/c1-2-24(16-17-8-4-3-5-9-17)21-11-7-6-10-20(21)23-27(25,26)19-14-12-18(22)13-15-19/h3-5,8-9,12-15,20-21,23H,2,6-7,10-11,16H2,1H3/t20-,21-/m1/s1. The molecule has 0 unspecified atom stereocenters. The van der Waals surface area contributed by atoms with Crippen molar-refractivity contribution in [3.8, 4) is 0 Å². The second kappa shape index (κ2) is 9.20. The Balaban J connectivity index is 1.76. The highest BCUT2D eigenvalue weighted by Gasteiger charge is 2.32. The summed E-state index contributed by atoms with van der Waals surface area (Å²) in [4.78, 5) is 2.66. The Kier molecular flexibility index (Phi) is 6.93. The molecule has 0 aliphatic heterocycles. The Labute approximate surface area is 167 Å². The molecule has 2 aromatic rings. The second-order valence-corrected chi connectivity index (χ2v) is 9.23. The van der Waals surface area contributed by atoms with Gasteiger partial charge in [0.25, 0.3) is 0 Å². The number of halogens is 1. The summed E-state index contributed by atoms with van der Waals surface area (Å²) in [5, 5.41) is 0.532. The van der Waals surface area contributed by atoms with E-state index in [0.29, 0.717) is 5.02 Å². The molecule has 0 bridgehead atoms. The maximum absolute atomic E-state index is 12.9. The highest BCUT2D eigenvalue weighted by Crippen LogP contribution is 2.26. The highest BCUT2D eigenvalue weighted by atomic mass is 35.5. The molecule has 1 saturated carbocycles. The summed E-state index contributed by atoms with van der Waals surface area (Å²) in [6, 6.07) is 16.8. The van der Waals surface area contributed by atoms with Crippen LogP contribution in [-0.2, 0) is 16.6 Å². The van der Waals surface area contributed by atoms with E-state index >= 15 is 0 Å². The zero-order valence-corrected chi connectivity index (χ0v) is 17.2. The molecule has 2 atom stereocenters. The van der Waals surface area contributed by atoms with E-state index in [2.05, 4.69) is 28.7 Å². The van der Waals surface area contributed by atoms with Gasteiger partial charge in [0.05, 0.1) is 4.90 Å². The number of nitrogens with one attached hydrogen (secondary N) is 1. The molecule has 4 nitrogen and oxygen atoms in total. The number of rotatable bonds is 7. The maximum atomic E-state index is 12.9. The maximum Gasteiger partial charge on any atom is 0.240 e. The minimum Gasteiger partial charge on any atom is -0.295 e. The van der Waals surface area contributed by atoms with Crippen molar-refractivity contribution in [1.29, 1.82) is 0 Å². The summed E-state index contributed by atoms with van der Waals surface area (Å²) in [7, 11) is -3.56. The first-order valence-electron chi connectivity index (χ1n) is 9.55. The lowest BCUT2D eigenvalue weighted by Crippen LogP contribution is -2.52. The number of benzene rings is 2. The van der Waals surface area contributed by atoms with Crippen LogP contribution in [0.15, 0.2) is 59.5 Å². The van der Waals surface area contributed by atoms with Gasteiger partial charge < -0.3 is 0 Å². The van der Waals surface area contributed by atoms with Crippen molar-refractivity contribution in [2.75, 3.05) is 6.54 Å². The van der Waals surface area contributed by atoms with Crippen molar-refractivity contribution < 1.29 is 8.42 Å². The Bertz CT molecular complexity index is 825. The average molecular weight is 407 g/mol. The van der Waals surface area contributed by atoms with Crippen LogP contribution in [-0.4, -0.2) is 31.9 Å². The number of nitrogens with zero attached hydrogens (tertiary/aromatic N) is 1. The monoisotopic (exact) mass is 406 g/mol. The Morgan fingerprint density at radius 3 is 2.37 bits per heavy atom. The molecule has 27 heavy (non-hydrogen) atoms. The van der Waals surface area contributed by atoms with Crippen LogP contribution in [0.3, 0.4) is 0 Å². The molecule has 1 aliphatic carbocycles. The lowest BCUT2D eigenvalue weighted by atomic mass is 9.89. The molecule has 0 radical (unpaired) electrons. The van der Waals surface area contributed by atoms with Crippen LogP contribution in [0.1, 0.15) is 38.2 Å². The zero-order valence-electron chi connectivity index (χ0n) is 15.6. The van der Waals surface area contributed by atoms with Crippen LogP contribution >= 0.6 is 11.6 Å². The molecule has 3 rings (SSSR count). The fraction of sp³-hybridized carbons (Fsp3) is 0.429.